The molecule has 2 aromatic heterocycles. The van der Waals surface area contributed by atoms with Crippen molar-refractivity contribution in [1.29, 1.82) is 0 Å². The van der Waals surface area contributed by atoms with Crippen molar-refractivity contribution in [1.82, 2.24) is 9.97 Å². The van der Waals surface area contributed by atoms with Gasteiger partial charge >= 0.3 is 0 Å². The molecule has 5 heteroatoms. The van der Waals surface area contributed by atoms with Crippen LogP contribution in [0.4, 0.5) is 5.82 Å². The Labute approximate surface area is 97.8 Å². The van der Waals surface area contributed by atoms with Crippen molar-refractivity contribution in [3.05, 3.63) is 17.3 Å². The van der Waals surface area contributed by atoms with Crippen molar-refractivity contribution >= 4 is 27.4 Å². The Morgan fingerprint density at radius 2 is 2.44 bits per heavy atom. The fraction of sp³-hybridized carbons (Fsp3) is 0.455. The summed E-state index contributed by atoms with van der Waals surface area (Å²) in [6.07, 6.45) is 3.73. The van der Waals surface area contributed by atoms with Crippen LogP contribution in [0.3, 0.4) is 0 Å². The number of anilines is 1. The van der Waals surface area contributed by atoms with E-state index < -0.39 is 0 Å². The highest BCUT2D eigenvalue weighted by Crippen LogP contribution is 2.31. The molecule has 3 heterocycles. The zero-order valence-electron chi connectivity index (χ0n) is 9.14. The zero-order chi connectivity index (χ0) is 11.0. The normalized spacial score (nSPS) is 16.2. The Balaban J connectivity index is 2.12. The van der Waals surface area contributed by atoms with Gasteiger partial charge in [0.05, 0.1) is 12.0 Å². The van der Waals surface area contributed by atoms with Crippen LogP contribution in [0.2, 0.25) is 0 Å². The van der Waals surface area contributed by atoms with Gasteiger partial charge in [-0.3, -0.25) is 4.84 Å². The summed E-state index contributed by atoms with van der Waals surface area (Å²) in [5.74, 6) is 0.915. The Kier molecular flexibility index (Phi) is 2.49. The molecule has 0 amide bonds. The van der Waals surface area contributed by atoms with Crippen LogP contribution in [0, 0.1) is 0 Å². The Morgan fingerprint density at radius 1 is 1.50 bits per heavy atom. The van der Waals surface area contributed by atoms with E-state index in [1.165, 1.54) is 4.88 Å². The lowest BCUT2D eigenvalue weighted by molar-refractivity contribution is 0.167. The Hall–Kier alpha value is -1.20. The maximum atomic E-state index is 5.54. The van der Waals surface area contributed by atoms with Crippen molar-refractivity contribution in [3.63, 3.8) is 0 Å². The molecule has 0 N–H and O–H groups in total. The van der Waals surface area contributed by atoms with Gasteiger partial charge < -0.3 is 0 Å². The van der Waals surface area contributed by atoms with E-state index in [9.17, 15) is 0 Å². The van der Waals surface area contributed by atoms with Gasteiger partial charge in [-0.25, -0.2) is 15.0 Å². The highest BCUT2D eigenvalue weighted by atomic mass is 32.1. The van der Waals surface area contributed by atoms with Gasteiger partial charge in [0.1, 0.15) is 11.2 Å². The van der Waals surface area contributed by atoms with Crippen molar-refractivity contribution in [2.24, 2.45) is 0 Å². The molecule has 2 aromatic rings. The maximum Gasteiger partial charge on any atom is 0.164 e. The minimum absolute atomic E-state index is 0.788. The molecule has 1 saturated heterocycles. The lowest BCUT2D eigenvalue weighted by Gasteiger charge is -2.14. The molecular weight excluding hydrogens is 222 g/mol. The molecule has 0 spiro atoms. The molecule has 4 nitrogen and oxygen atoms in total. The molecule has 16 heavy (non-hydrogen) atoms. The molecule has 0 saturated carbocycles. The molecule has 84 valence electrons. The van der Waals surface area contributed by atoms with Crippen molar-refractivity contribution < 1.29 is 4.84 Å². The third-order valence-electron chi connectivity index (χ3n) is 2.70. The first-order valence-corrected chi connectivity index (χ1v) is 6.34. The van der Waals surface area contributed by atoms with Gasteiger partial charge in [0.2, 0.25) is 0 Å². The van der Waals surface area contributed by atoms with Crippen LogP contribution < -0.4 is 5.06 Å². The number of hydrogen-bond acceptors (Lipinski definition) is 5. The molecule has 0 radical (unpaired) electrons. The molecule has 0 aromatic carbocycles. The van der Waals surface area contributed by atoms with Crippen LogP contribution in [0.1, 0.15) is 18.2 Å². The number of fused-ring (bicyclic) bond motifs is 1. The van der Waals surface area contributed by atoms with Gasteiger partial charge in [0, 0.05) is 11.4 Å². The average molecular weight is 235 g/mol. The minimum Gasteiger partial charge on any atom is -0.272 e. The van der Waals surface area contributed by atoms with Gasteiger partial charge in [-0.1, -0.05) is 6.92 Å². The molecule has 0 aliphatic carbocycles. The number of aryl methyl sites for hydroxylation is 1. The lowest BCUT2D eigenvalue weighted by atomic mass is 10.3. The second kappa shape index (κ2) is 3.99. The van der Waals surface area contributed by atoms with E-state index in [4.69, 9.17) is 4.84 Å². The van der Waals surface area contributed by atoms with Crippen LogP contribution in [0.5, 0.6) is 0 Å². The SMILES string of the molecule is CCc1cc2c(N3CCCO3)ncnc2s1. The van der Waals surface area contributed by atoms with Crippen LogP contribution in [-0.2, 0) is 11.3 Å². The van der Waals surface area contributed by atoms with Gasteiger partial charge in [0.15, 0.2) is 5.82 Å². The molecule has 0 atom stereocenters. The van der Waals surface area contributed by atoms with E-state index in [-0.39, 0.29) is 0 Å². The third kappa shape index (κ3) is 1.56. The van der Waals surface area contributed by atoms with Crippen LogP contribution in [0.15, 0.2) is 12.4 Å². The van der Waals surface area contributed by atoms with E-state index in [2.05, 4.69) is 23.0 Å². The molecular formula is C11H13N3OS. The first kappa shape index (κ1) is 9.99. The molecule has 1 fully saturated rings. The Bertz CT molecular complexity index is 505. The van der Waals surface area contributed by atoms with Crippen LogP contribution in [0.25, 0.3) is 10.2 Å². The quantitative estimate of drug-likeness (QED) is 0.801. The third-order valence-corrected chi connectivity index (χ3v) is 3.88. The predicted molar refractivity (Wildman–Crippen MR) is 64.7 cm³/mol. The van der Waals surface area contributed by atoms with E-state index >= 15 is 0 Å². The molecule has 0 bridgehead atoms. The summed E-state index contributed by atoms with van der Waals surface area (Å²) in [6, 6.07) is 2.18. The largest absolute Gasteiger partial charge is 0.272 e. The fourth-order valence-electron chi connectivity index (χ4n) is 1.88. The average Bonchev–Trinajstić information content (AvgIpc) is 2.97. The highest BCUT2D eigenvalue weighted by Gasteiger charge is 2.18. The number of aromatic nitrogens is 2. The van der Waals surface area contributed by atoms with Crippen molar-refractivity contribution in [2.75, 3.05) is 18.2 Å². The van der Waals surface area contributed by atoms with E-state index in [0.29, 0.717) is 0 Å². The number of nitrogens with zero attached hydrogens (tertiary/aromatic N) is 3. The van der Waals surface area contributed by atoms with Crippen molar-refractivity contribution in [3.8, 4) is 0 Å². The monoisotopic (exact) mass is 235 g/mol. The second-order valence-corrected chi connectivity index (χ2v) is 4.89. The number of hydroxylamine groups is 1. The van der Waals surface area contributed by atoms with Crippen molar-refractivity contribution in [2.45, 2.75) is 19.8 Å². The fourth-order valence-corrected chi connectivity index (χ4v) is 2.81. The Morgan fingerprint density at radius 3 is 3.19 bits per heavy atom. The van der Waals surface area contributed by atoms with E-state index in [1.54, 1.807) is 17.7 Å². The molecule has 0 unspecified atom stereocenters. The maximum absolute atomic E-state index is 5.54. The second-order valence-electron chi connectivity index (χ2n) is 3.77. The summed E-state index contributed by atoms with van der Waals surface area (Å²) in [5.41, 5.74) is 0. The van der Waals surface area contributed by atoms with E-state index in [1.807, 2.05) is 5.06 Å². The van der Waals surface area contributed by atoms with Gasteiger partial charge in [-0.2, -0.15) is 0 Å². The summed E-state index contributed by atoms with van der Waals surface area (Å²) < 4.78 is 0. The van der Waals surface area contributed by atoms with Crippen LogP contribution >= 0.6 is 11.3 Å². The smallest absolute Gasteiger partial charge is 0.164 e. The molecule has 1 aliphatic heterocycles. The summed E-state index contributed by atoms with van der Waals surface area (Å²) in [6.45, 7) is 3.86. The standard InChI is InChI=1S/C11H13N3OS/c1-2-8-6-9-10(14-4-3-5-15-14)12-7-13-11(9)16-8/h6-7H,2-5H2,1H3. The molecule has 3 rings (SSSR count). The van der Waals surface area contributed by atoms with Gasteiger partial charge in [0.25, 0.3) is 0 Å². The summed E-state index contributed by atoms with van der Waals surface area (Å²) >= 11 is 1.74. The molecule has 1 aliphatic rings. The first-order chi connectivity index (χ1) is 7.88. The van der Waals surface area contributed by atoms with Gasteiger partial charge in [-0.05, 0) is 18.9 Å². The number of hydrogen-bond donors (Lipinski definition) is 0. The van der Waals surface area contributed by atoms with Gasteiger partial charge in [-0.15, -0.1) is 11.3 Å². The minimum atomic E-state index is 0.788. The number of thiophene rings is 1. The summed E-state index contributed by atoms with van der Waals surface area (Å²) in [7, 11) is 0. The zero-order valence-corrected chi connectivity index (χ0v) is 9.96. The van der Waals surface area contributed by atoms with Crippen LogP contribution in [-0.4, -0.2) is 23.1 Å². The summed E-state index contributed by atoms with van der Waals surface area (Å²) in [4.78, 5) is 16.6. The topological polar surface area (TPSA) is 38.2 Å². The lowest BCUT2D eigenvalue weighted by Crippen LogP contribution is -2.17. The predicted octanol–water partition coefficient (Wildman–Crippen LogP) is 2.40. The summed E-state index contributed by atoms with van der Waals surface area (Å²) in [5, 5.41) is 3.00. The van der Waals surface area contributed by atoms with E-state index in [0.717, 1.165) is 42.0 Å². The number of rotatable bonds is 2. The first-order valence-electron chi connectivity index (χ1n) is 5.52. The highest BCUT2D eigenvalue weighted by molar-refractivity contribution is 7.18.